The average molecular weight is 580 g/mol. The maximum absolute atomic E-state index is 10.4. The van der Waals surface area contributed by atoms with Crippen molar-refractivity contribution in [2.24, 2.45) is 0 Å². The fraction of sp³-hybridized carbons (Fsp3) is 0.552. The molecule has 5 rings (SSSR count). The summed E-state index contributed by atoms with van der Waals surface area (Å²) in [6.45, 7) is 1.50. The molecule has 0 radical (unpaired) electrons. The molecule has 1 aliphatic carbocycles. The minimum atomic E-state index is -1.42. The number of carbonyl (C=O) groups is 1. The van der Waals surface area contributed by atoms with E-state index in [2.05, 4.69) is 5.32 Å². The summed E-state index contributed by atoms with van der Waals surface area (Å²) in [5.74, 6) is 0.0526. The molecule has 220 valence electrons. The standard InChI is InChI=1S/C24H29ClO7.C5H9NO2/c25-19-8-3-15(24-23(29)22(28)21(27)20(13-26)32-24)12-16(19)11-14-1-4-17(5-2-14)30-9-10-31-18-6-7-18;7-5(8)4-2-1-3-6-4/h1-5,8,12,18,20-24,26-29H,6-7,9-11,13H2;4,6H,1-3H2,(H,7,8)/t20-,21-,22+,23-,24+;4-/m10/s1. The van der Waals surface area contributed by atoms with Crippen molar-refractivity contribution in [1.82, 2.24) is 5.32 Å². The van der Waals surface area contributed by atoms with E-state index in [0.29, 0.717) is 36.3 Å². The van der Waals surface area contributed by atoms with Crippen molar-refractivity contribution >= 4 is 17.6 Å². The van der Waals surface area contributed by atoms with Gasteiger partial charge in [-0.05, 0) is 73.5 Å². The lowest BCUT2D eigenvalue weighted by Gasteiger charge is -2.40. The summed E-state index contributed by atoms with van der Waals surface area (Å²) in [4.78, 5) is 10.1. The van der Waals surface area contributed by atoms with E-state index in [1.54, 1.807) is 12.1 Å². The van der Waals surface area contributed by atoms with Crippen LogP contribution in [-0.2, 0) is 20.7 Å². The van der Waals surface area contributed by atoms with Gasteiger partial charge in [0.15, 0.2) is 0 Å². The van der Waals surface area contributed by atoms with Crippen molar-refractivity contribution in [2.45, 2.75) is 74.8 Å². The van der Waals surface area contributed by atoms with Crippen LogP contribution in [0.5, 0.6) is 5.75 Å². The van der Waals surface area contributed by atoms with Gasteiger partial charge in [0.25, 0.3) is 0 Å². The van der Waals surface area contributed by atoms with Crippen molar-refractivity contribution in [3.05, 3.63) is 64.2 Å². The summed E-state index contributed by atoms with van der Waals surface area (Å²) in [6.07, 6.45) is -0.946. The van der Waals surface area contributed by atoms with Crippen LogP contribution in [-0.4, -0.2) is 94.4 Å². The fourth-order valence-electron chi connectivity index (χ4n) is 4.71. The van der Waals surface area contributed by atoms with Gasteiger partial charge in [-0.15, -0.1) is 0 Å². The van der Waals surface area contributed by atoms with E-state index in [1.165, 1.54) is 0 Å². The van der Waals surface area contributed by atoms with Gasteiger partial charge in [0.1, 0.15) is 48.9 Å². The van der Waals surface area contributed by atoms with Gasteiger partial charge in [-0.1, -0.05) is 35.9 Å². The van der Waals surface area contributed by atoms with Gasteiger partial charge in [-0.3, -0.25) is 4.79 Å². The van der Waals surface area contributed by atoms with E-state index in [0.717, 1.165) is 49.1 Å². The Bertz CT molecular complexity index is 1090. The highest BCUT2D eigenvalue weighted by Crippen LogP contribution is 2.34. The van der Waals surface area contributed by atoms with Gasteiger partial charge in [-0.25, -0.2) is 0 Å². The molecular formula is C29H38ClNO9. The number of hydrogen-bond donors (Lipinski definition) is 6. The molecule has 2 aromatic carbocycles. The predicted molar refractivity (Wildman–Crippen MR) is 147 cm³/mol. The highest BCUT2D eigenvalue weighted by Gasteiger charge is 2.44. The Morgan fingerprint density at radius 2 is 1.75 bits per heavy atom. The van der Waals surface area contributed by atoms with Crippen LogP contribution in [0.2, 0.25) is 5.02 Å². The van der Waals surface area contributed by atoms with Crippen LogP contribution < -0.4 is 10.1 Å². The molecule has 2 aliphatic heterocycles. The number of rotatable bonds is 10. The van der Waals surface area contributed by atoms with Gasteiger partial charge >= 0.3 is 5.97 Å². The van der Waals surface area contributed by atoms with Gasteiger partial charge < -0.3 is 45.1 Å². The number of benzene rings is 2. The van der Waals surface area contributed by atoms with Gasteiger partial charge in [-0.2, -0.15) is 0 Å². The zero-order valence-electron chi connectivity index (χ0n) is 22.2. The second-order valence-corrected chi connectivity index (χ2v) is 10.7. The molecule has 3 fully saturated rings. The van der Waals surface area contributed by atoms with Crippen molar-refractivity contribution in [3.63, 3.8) is 0 Å². The molecule has 10 nitrogen and oxygen atoms in total. The fourth-order valence-corrected chi connectivity index (χ4v) is 4.90. The summed E-state index contributed by atoms with van der Waals surface area (Å²) >= 11 is 6.40. The molecule has 6 atom stereocenters. The number of carboxylic acids is 1. The number of ether oxygens (including phenoxy) is 3. The molecule has 3 aliphatic rings. The molecule has 6 N–H and O–H groups in total. The van der Waals surface area contributed by atoms with Crippen LogP contribution in [0.15, 0.2) is 42.5 Å². The van der Waals surface area contributed by atoms with Crippen molar-refractivity contribution in [2.75, 3.05) is 26.4 Å². The predicted octanol–water partition coefficient (Wildman–Crippen LogP) is 1.83. The first-order chi connectivity index (χ1) is 19.3. The lowest BCUT2D eigenvalue weighted by Crippen LogP contribution is -2.55. The maximum Gasteiger partial charge on any atom is 0.320 e. The van der Waals surface area contributed by atoms with Crippen LogP contribution in [0.4, 0.5) is 0 Å². The van der Waals surface area contributed by atoms with Crippen molar-refractivity contribution in [1.29, 1.82) is 0 Å². The summed E-state index contributed by atoms with van der Waals surface area (Å²) in [7, 11) is 0. The molecule has 2 heterocycles. The first-order valence-electron chi connectivity index (χ1n) is 13.6. The third kappa shape index (κ3) is 8.37. The van der Waals surface area contributed by atoms with Gasteiger partial charge in [0.2, 0.25) is 0 Å². The minimum absolute atomic E-state index is 0.269. The Hall–Kier alpha value is -2.28. The monoisotopic (exact) mass is 579 g/mol. The molecule has 0 spiro atoms. The van der Waals surface area contributed by atoms with E-state index >= 15 is 0 Å². The molecule has 1 saturated carbocycles. The smallest absolute Gasteiger partial charge is 0.320 e. The Morgan fingerprint density at radius 1 is 1.00 bits per heavy atom. The van der Waals surface area contributed by atoms with Crippen molar-refractivity contribution in [3.8, 4) is 5.75 Å². The Labute approximate surface area is 238 Å². The molecule has 40 heavy (non-hydrogen) atoms. The SMILES string of the molecule is O=C(O)[C@@H]1CCCN1.OC[C@H]1O[C@@H](c2ccc(Cl)c(Cc3ccc(OCCOC4CC4)cc3)c2)[C@H](O)[C@@H](O)[C@@H]1O. The van der Waals surface area contributed by atoms with Crippen LogP contribution >= 0.6 is 11.6 Å². The summed E-state index contributed by atoms with van der Waals surface area (Å²) in [6, 6.07) is 12.7. The molecule has 11 heteroatoms. The first kappa shape index (κ1) is 30.7. The number of nitrogens with one attached hydrogen (secondary N) is 1. The number of hydrogen-bond acceptors (Lipinski definition) is 9. The van der Waals surface area contributed by atoms with E-state index in [-0.39, 0.29) is 6.04 Å². The van der Waals surface area contributed by atoms with E-state index < -0.39 is 43.1 Å². The van der Waals surface area contributed by atoms with E-state index in [1.807, 2.05) is 30.3 Å². The highest BCUT2D eigenvalue weighted by atomic mass is 35.5. The van der Waals surface area contributed by atoms with E-state index in [4.69, 9.17) is 30.9 Å². The Balaban J connectivity index is 0.000000398. The van der Waals surface area contributed by atoms with Crippen LogP contribution in [0.25, 0.3) is 0 Å². The largest absolute Gasteiger partial charge is 0.491 e. The lowest BCUT2D eigenvalue weighted by molar-refractivity contribution is -0.231. The molecule has 0 amide bonds. The molecule has 0 aromatic heterocycles. The number of aliphatic hydroxyl groups is 4. The van der Waals surface area contributed by atoms with Gasteiger partial charge in [0.05, 0.1) is 19.3 Å². The maximum atomic E-state index is 10.4. The van der Waals surface area contributed by atoms with Crippen molar-refractivity contribution < 1.29 is 44.5 Å². The second-order valence-electron chi connectivity index (χ2n) is 10.3. The third-order valence-corrected chi connectivity index (χ3v) is 7.57. The topological polar surface area (TPSA) is 158 Å². The van der Waals surface area contributed by atoms with E-state index in [9.17, 15) is 25.2 Å². The number of halogens is 1. The molecule has 2 saturated heterocycles. The minimum Gasteiger partial charge on any atom is -0.491 e. The van der Waals surface area contributed by atoms with Crippen LogP contribution in [0.3, 0.4) is 0 Å². The number of aliphatic hydroxyl groups excluding tert-OH is 4. The summed E-state index contributed by atoms with van der Waals surface area (Å²) in [5, 5.41) is 51.7. The zero-order valence-corrected chi connectivity index (χ0v) is 22.9. The van der Waals surface area contributed by atoms with Crippen LogP contribution in [0, 0.1) is 0 Å². The molecule has 0 unspecified atom stereocenters. The highest BCUT2D eigenvalue weighted by molar-refractivity contribution is 6.31. The Morgan fingerprint density at radius 3 is 2.35 bits per heavy atom. The normalized spacial score (nSPS) is 28.0. The average Bonchev–Trinajstić information content (AvgIpc) is 3.61. The molecule has 2 aromatic rings. The first-order valence-corrected chi connectivity index (χ1v) is 14.0. The van der Waals surface area contributed by atoms with Gasteiger partial charge in [0, 0.05) is 5.02 Å². The quantitative estimate of drug-likeness (QED) is 0.229. The second kappa shape index (κ2) is 14.6. The van der Waals surface area contributed by atoms with Crippen LogP contribution in [0.1, 0.15) is 48.5 Å². The molecular weight excluding hydrogens is 542 g/mol. The Kier molecular flexibility index (Phi) is 11.2. The molecule has 0 bridgehead atoms. The third-order valence-electron chi connectivity index (χ3n) is 7.20. The summed E-state index contributed by atoms with van der Waals surface area (Å²) in [5.41, 5.74) is 2.46. The number of aliphatic carboxylic acids is 1. The number of carboxylic acid groups (broad SMARTS) is 1. The summed E-state index contributed by atoms with van der Waals surface area (Å²) < 4.78 is 16.9. The zero-order chi connectivity index (χ0) is 28.6. The lowest BCUT2D eigenvalue weighted by atomic mass is 9.90.